The molecule has 1 saturated heterocycles. The summed E-state index contributed by atoms with van der Waals surface area (Å²) in [7, 11) is 0. The maximum Gasteiger partial charge on any atom is 0.310 e. The lowest BCUT2D eigenvalue weighted by atomic mass is 9.90. The highest BCUT2D eigenvalue weighted by Gasteiger charge is 2.40. The van der Waals surface area contributed by atoms with Crippen LogP contribution in [0.15, 0.2) is 18.5 Å². The zero-order valence-corrected chi connectivity index (χ0v) is 13.0. The number of carboxylic acid groups (broad SMARTS) is 1. The third kappa shape index (κ3) is 2.73. The van der Waals surface area contributed by atoms with Crippen molar-refractivity contribution in [2.75, 3.05) is 13.1 Å². The number of aromatic nitrogens is 2. The second-order valence-electron chi connectivity index (χ2n) is 5.80. The van der Waals surface area contributed by atoms with E-state index < -0.39 is 11.4 Å². The van der Waals surface area contributed by atoms with Gasteiger partial charge in [0, 0.05) is 25.5 Å². The lowest BCUT2D eigenvalue weighted by Crippen LogP contribution is -2.31. The van der Waals surface area contributed by atoms with Gasteiger partial charge in [-0.25, -0.2) is 4.98 Å². The number of likely N-dealkylation sites (tertiary alicyclic amines) is 1. The normalized spacial score (nSPS) is 23.0. The number of imidazole rings is 1. The van der Waals surface area contributed by atoms with Gasteiger partial charge in [-0.05, 0) is 26.0 Å². The van der Waals surface area contributed by atoms with E-state index in [0.29, 0.717) is 35.2 Å². The van der Waals surface area contributed by atoms with Crippen LogP contribution in [0.4, 0.5) is 0 Å². The van der Waals surface area contributed by atoms with E-state index >= 15 is 0 Å². The van der Waals surface area contributed by atoms with E-state index in [2.05, 4.69) is 9.88 Å². The van der Waals surface area contributed by atoms with Crippen LogP contribution < -0.4 is 0 Å². The molecule has 1 aliphatic rings. The van der Waals surface area contributed by atoms with Crippen molar-refractivity contribution in [1.29, 1.82) is 0 Å². The van der Waals surface area contributed by atoms with E-state index in [1.165, 1.54) is 0 Å². The summed E-state index contributed by atoms with van der Waals surface area (Å²) in [6.45, 7) is 3.68. The van der Waals surface area contributed by atoms with Crippen LogP contribution in [0.5, 0.6) is 0 Å². The van der Waals surface area contributed by atoms with E-state index in [9.17, 15) is 9.90 Å². The van der Waals surface area contributed by atoms with Gasteiger partial charge in [0.05, 0.1) is 21.2 Å². The van der Waals surface area contributed by atoms with Crippen molar-refractivity contribution in [1.82, 2.24) is 14.3 Å². The lowest BCUT2D eigenvalue weighted by Gasteiger charge is -2.19. The summed E-state index contributed by atoms with van der Waals surface area (Å²) in [4.78, 5) is 17.9. The monoisotopic (exact) mass is 327 g/mol. The Labute approximate surface area is 132 Å². The molecule has 1 atom stereocenters. The molecule has 0 saturated carbocycles. The minimum Gasteiger partial charge on any atom is -0.481 e. The van der Waals surface area contributed by atoms with Gasteiger partial charge in [-0.2, -0.15) is 0 Å². The Hall–Kier alpha value is -1.30. The molecule has 2 aromatic rings. The zero-order valence-electron chi connectivity index (χ0n) is 11.5. The van der Waals surface area contributed by atoms with Crippen molar-refractivity contribution in [2.45, 2.75) is 19.9 Å². The van der Waals surface area contributed by atoms with Gasteiger partial charge in [0.25, 0.3) is 0 Å². The Bertz CT molecular complexity index is 716. The molecule has 1 aliphatic heterocycles. The fourth-order valence-electron chi connectivity index (χ4n) is 2.75. The minimum absolute atomic E-state index is 0.505. The molecule has 1 unspecified atom stereocenters. The Morgan fingerprint density at radius 3 is 2.90 bits per heavy atom. The highest BCUT2D eigenvalue weighted by molar-refractivity contribution is 6.36. The van der Waals surface area contributed by atoms with Crippen LogP contribution in [-0.4, -0.2) is 38.4 Å². The van der Waals surface area contributed by atoms with Crippen molar-refractivity contribution in [3.63, 3.8) is 0 Å². The quantitative estimate of drug-likeness (QED) is 0.941. The minimum atomic E-state index is -0.741. The first-order valence-corrected chi connectivity index (χ1v) is 7.41. The molecule has 0 spiro atoms. The van der Waals surface area contributed by atoms with Gasteiger partial charge in [-0.3, -0.25) is 9.69 Å². The smallest absolute Gasteiger partial charge is 0.310 e. The van der Waals surface area contributed by atoms with Gasteiger partial charge >= 0.3 is 5.97 Å². The number of halogens is 2. The standard InChI is InChI=1S/C14H15Cl2N3O2/c1-14(13(20)21)2-3-18(8-14)6-10-7-19-5-9(15)4-11(16)12(19)17-10/h4-5,7H,2-3,6,8H2,1H3,(H,20,21). The van der Waals surface area contributed by atoms with Crippen molar-refractivity contribution in [3.05, 3.63) is 34.2 Å². The van der Waals surface area contributed by atoms with Gasteiger partial charge in [0.1, 0.15) is 0 Å². The van der Waals surface area contributed by atoms with E-state index in [1.54, 1.807) is 23.6 Å². The Kier molecular flexibility index (Phi) is 3.59. The van der Waals surface area contributed by atoms with Crippen LogP contribution in [0.25, 0.3) is 5.65 Å². The number of pyridine rings is 1. The number of rotatable bonds is 3. The summed E-state index contributed by atoms with van der Waals surface area (Å²) in [5.41, 5.74) is 0.852. The fraction of sp³-hybridized carbons (Fsp3) is 0.429. The summed E-state index contributed by atoms with van der Waals surface area (Å²) in [5, 5.41) is 10.3. The summed E-state index contributed by atoms with van der Waals surface area (Å²) in [5.74, 6) is -0.741. The van der Waals surface area contributed by atoms with Crippen LogP contribution in [0.1, 0.15) is 19.0 Å². The van der Waals surface area contributed by atoms with Crippen LogP contribution in [0.2, 0.25) is 10.0 Å². The zero-order chi connectivity index (χ0) is 15.2. The Morgan fingerprint density at radius 2 is 2.24 bits per heavy atom. The number of carbonyl (C=O) groups is 1. The molecule has 21 heavy (non-hydrogen) atoms. The summed E-state index contributed by atoms with van der Waals surface area (Å²) in [6.07, 6.45) is 4.29. The average Bonchev–Trinajstić information content (AvgIpc) is 2.94. The molecule has 0 bridgehead atoms. The Balaban J connectivity index is 1.80. The van der Waals surface area contributed by atoms with Crippen molar-refractivity contribution >= 4 is 34.8 Å². The molecule has 1 N–H and O–H groups in total. The fourth-order valence-corrected chi connectivity index (χ4v) is 3.27. The first-order valence-electron chi connectivity index (χ1n) is 6.66. The van der Waals surface area contributed by atoms with Gasteiger partial charge in [0.15, 0.2) is 5.65 Å². The molecule has 0 radical (unpaired) electrons. The molecule has 0 aliphatic carbocycles. The molecule has 3 rings (SSSR count). The summed E-state index contributed by atoms with van der Waals surface area (Å²) < 4.78 is 1.80. The average molecular weight is 328 g/mol. The van der Waals surface area contributed by atoms with Crippen LogP contribution in [-0.2, 0) is 11.3 Å². The number of fused-ring (bicyclic) bond motifs is 1. The predicted octanol–water partition coefficient (Wildman–Crippen LogP) is 2.94. The second kappa shape index (κ2) is 5.16. The molecule has 0 aromatic carbocycles. The SMILES string of the molecule is CC1(C(=O)O)CCN(Cc2cn3cc(Cl)cc(Cl)c3n2)C1. The predicted molar refractivity (Wildman–Crippen MR) is 80.8 cm³/mol. The third-order valence-corrected chi connectivity index (χ3v) is 4.46. The van der Waals surface area contributed by atoms with Gasteiger partial charge < -0.3 is 9.51 Å². The molecule has 112 valence electrons. The maximum absolute atomic E-state index is 11.3. The molecule has 3 heterocycles. The number of nitrogens with zero attached hydrogens (tertiary/aromatic N) is 3. The molecule has 0 amide bonds. The molecule has 5 nitrogen and oxygen atoms in total. The van der Waals surface area contributed by atoms with Crippen LogP contribution in [0, 0.1) is 5.41 Å². The van der Waals surface area contributed by atoms with Crippen molar-refractivity contribution < 1.29 is 9.90 Å². The second-order valence-corrected chi connectivity index (χ2v) is 6.64. The maximum atomic E-state index is 11.3. The van der Waals surface area contributed by atoms with Crippen LogP contribution in [0.3, 0.4) is 0 Å². The molecule has 1 fully saturated rings. The van der Waals surface area contributed by atoms with E-state index in [0.717, 1.165) is 12.2 Å². The molecule has 2 aromatic heterocycles. The van der Waals surface area contributed by atoms with Gasteiger partial charge in [0.2, 0.25) is 0 Å². The summed E-state index contributed by atoms with van der Waals surface area (Å²) in [6, 6.07) is 1.66. The lowest BCUT2D eigenvalue weighted by molar-refractivity contribution is -0.147. The van der Waals surface area contributed by atoms with Gasteiger partial charge in [-0.1, -0.05) is 23.2 Å². The Morgan fingerprint density at radius 1 is 1.48 bits per heavy atom. The molecular weight excluding hydrogens is 313 g/mol. The van der Waals surface area contributed by atoms with Crippen molar-refractivity contribution in [3.8, 4) is 0 Å². The van der Waals surface area contributed by atoms with Crippen molar-refractivity contribution in [2.24, 2.45) is 5.41 Å². The van der Waals surface area contributed by atoms with Gasteiger partial charge in [-0.15, -0.1) is 0 Å². The highest BCUT2D eigenvalue weighted by atomic mass is 35.5. The first-order chi connectivity index (χ1) is 9.87. The third-order valence-electron chi connectivity index (χ3n) is 3.98. The largest absolute Gasteiger partial charge is 0.481 e. The highest BCUT2D eigenvalue weighted by Crippen LogP contribution is 2.31. The van der Waals surface area contributed by atoms with Crippen LogP contribution >= 0.6 is 23.2 Å². The first kappa shape index (κ1) is 14.6. The number of hydrogen-bond acceptors (Lipinski definition) is 3. The number of hydrogen-bond donors (Lipinski definition) is 1. The number of carboxylic acids is 1. The summed E-state index contributed by atoms with van der Waals surface area (Å²) >= 11 is 12.1. The van der Waals surface area contributed by atoms with E-state index in [-0.39, 0.29) is 0 Å². The molecule has 7 heteroatoms. The number of aliphatic carboxylic acids is 1. The van der Waals surface area contributed by atoms with E-state index in [4.69, 9.17) is 23.2 Å². The topological polar surface area (TPSA) is 57.8 Å². The molecular formula is C14H15Cl2N3O2. The van der Waals surface area contributed by atoms with E-state index in [1.807, 2.05) is 6.20 Å².